The SMILES string of the molecule is CC(F)n1cc(CBr)cn1. The molecule has 1 aromatic rings. The van der Waals surface area contributed by atoms with Crippen LogP contribution in [-0.2, 0) is 5.33 Å². The number of hydrogen-bond donors (Lipinski definition) is 0. The highest BCUT2D eigenvalue weighted by Crippen LogP contribution is 2.09. The molecule has 0 fully saturated rings. The third-order valence-corrected chi connectivity index (χ3v) is 1.82. The smallest absolute Gasteiger partial charge is 0.188 e. The van der Waals surface area contributed by atoms with E-state index in [2.05, 4.69) is 21.0 Å². The summed E-state index contributed by atoms with van der Waals surface area (Å²) in [5.74, 6) is 0. The van der Waals surface area contributed by atoms with Crippen molar-refractivity contribution in [3.05, 3.63) is 18.0 Å². The Morgan fingerprint density at radius 3 is 2.90 bits per heavy atom. The molecular formula is C6H8BrFN2. The number of alkyl halides is 2. The van der Waals surface area contributed by atoms with Crippen LogP contribution in [0, 0.1) is 0 Å². The molecule has 1 unspecified atom stereocenters. The van der Waals surface area contributed by atoms with Gasteiger partial charge in [0.2, 0.25) is 0 Å². The zero-order valence-electron chi connectivity index (χ0n) is 5.59. The van der Waals surface area contributed by atoms with Gasteiger partial charge in [0.05, 0.1) is 6.20 Å². The molecule has 10 heavy (non-hydrogen) atoms. The average molecular weight is 207 g/mol. The van der Waals surface area contributed by atoms with Gasteiger partial charge in [-0.3, -0.25) is 0 Å². The normalized spacial score (nSPS) is 13.5. The largest absolute Gasteiger partial charge is 0.239 e. The van der Waals surface area contributed by atoms with Crippen LogP contribution >= 0.6 is 15.9 Å². The Kier molecular flexibility index (Phi) is 2.43. The molecule has 4 heteroatoms. The number of halogens is 2. The van der Waals surface area contributed by atoms with Crippen LogP contribution in [0.15, 0.2) is 12.4 Å². The van der Waals surface area contributed by atoms with Crippen LogP contribution < -0.4 is 0 Å². The van der Waals surface area contributed by atoms with Crippen molar-refractivity contribution in [1.82, 2.24) is 9.78 Å². The first kappa shape index (κ1) is 7.72. The first-order valence-electron chi connectivity index (χ1n) is 2.97. The van der Waals surface area contributed by atoms with E-state index >= 15 is 0 Å². The molecule has 0 saturated carbocycles. The molecule has 0 aliphatic heterocycles. The van der Waals surface area contributed by atoms with Gasteiger partial charge in [-0.05, 0) is 6.92 Å². The van der Waals surface area contributed by atoms with E-state index < -0.39 is 6.30 Å². The maximum Gasteiger partial charge on any atom is 0.188 e. The maximum absolute atomic E-state index is 12.5. The minimum Gasteiger partial charge on any atom is -0.239 e. The molecule has 0 aromatic carbocycles. The Hall–Kier alpha value is -0.380. The summed E-state index contributed by atoms with van der Waals surface area (Å²) >= 11 is 3.24. The van der Waals surface area contributed by atoms with Crippen LogP contribution in [0.2, 0.25) is 0 Å². The molecule has 1 aromatic heterocycles. The average Bonchev–Trinajstić information content (AvgIpc) is 2.34. The molecular weight excluding hydrogens is 199 g/mol. The number of hydrogen-bond acceptors (Lipinski definition) is 1. The van der Waals surface area contributed by atoms with Crippen molar-refractivity contribution < 1.29 is 4.39 Å². The first-order chi connectivity index (χ1) is 4.74. The molecule has 0 spiro atoms. The van der Waals surface area contributed by atoms with Crippen molar-refractivity contribution in [2.45, 2.75) is 18.5 Å². The summed E-state index contributed by atoms with van der Waals surface area (Å²) < 4.78 is 13.8. The quantitative estimate of drug-likeness (QED) is 0.680. The van der Waals surface area contributed by atoms with Crippen molar-refractivity contribution in [1.29, 1.82) is 0 Å². The summed E-state index contributed by atoms with van der Waals surface area (Å²) in [6.45, 7) is 1.45. The van der Waals surface area contributed by atoms with E-state index in [4.69, 9.17) is 0 Å². The highest BCUT2D eigenvalue weighted by molar-refractivity contribution is 9.08. The van der Waals surface area contributed by atoms with Gasteiger partial charge in [-0.15, -0.1) is 0 Å². The maximum atomic E-state index is 12.5. The zero-order valence-corrected chi connectivity index (χ0v) is 7.18. The molecule has 0 radical (unpaired) electrons. The Labute approximate surface area is 67.2 Å². The standard InChI is InChI=1S/C6H8BrFN2/c1-5(8)10-4-6(2-7)3-9-10/h3-5H,2H2,1H3. The lowest BCUT2D eigenvalue weighted by molar-refractivity contribution is 0.245. The van der Waals surface area contributed by atoms with Gasteiger partial charge in [-0.1, -0.05) is 15.9 Å². The summed E-state index contributed by atoms with van der Waals surface area (Å²) in [4.78, 5) is 0. The fourth-order valence-electron chi connectivity index (χ4n) is 0.641. The van der Waals surface area contributed by atoms with E-state index in [0.717, 1.165) is 10.9 Å². The van der Waals surface area contributed by atoms with Crippen molar-refractivity contribution >= 4 is 15.9 Å². The van der Waals surface area contributed by atoms with Gasteiger partial charge in [0.15, 0.2) is 6.30 Å². The summed E-state index contributed by atoms with van der Waals surface area (Å²) in [5, 5.41) is 4.52. The molecule has 0 aliphatic carbocycles. The number of nitrogens with zero attached hydrogens (tertiary/aromatic N) is 2. The van der Waals surface area contributed by atoms with E-state index in [9.17, 15) is 4.39 Å². The fourth-order valence-corrected chi connectivity index (χ4v) is 0.931. The van der Waals surface area contributed by atoms with Gasteiger partial charge in [-0.25, -0.2) is 9.07 Å². The van der Waals surface area contributed by atoms with E-state index in [-0.39, 0.29) is 0 Å². The van der Waals surface area contributed by atoms with Gasteiger partial charge in [0, 0.05) is 17.1 Å². The lowest BCUT2D eigenvalue weighted by Gasteiger charge is -1.98. The van der Waals surface area contributed by atoms with E-state index in [1.807, 2.05) is 0 Å². The molecule has 1 rings (SSSR count). The van der Waals surface area contributed by atoms with Crippen molar-refractivity contribution in [3.8, 4) is 0 Å². The van der Waals surface area contributed by atoms with Crippen molar-refractivity contribution in [2.24, 2.45) is 0 Å². The van der Waals surface area contributed by atoms with Gasteiger partial charge < -0.3 is 0 Å². The van der Waals surface area contributed by atoms with Gasteiger partial charge >= 0.3 is 0 Å². The predicted molar refractivity (Wildman–Crippen MR) is 40.7 cm³/mol. The van der Waals surface area contributed by atoms with Crippen LogP contribution in [0.1, 0.15) is 18.8 Å². The molecule has 0 aliphatic rings. The van der Waals surface area contributed by atoms with Crippen LogP contribution in [0.4, 0.5) is 4.39 Å². The first-order valence-corrected chi connectivity index (χ1v) is 4.09. The monoisotopic (exact) mass is 206 g/mol. The minimum absolute atomic E-state index is 0.722. The molecule has 0 bridgehead atoms. The lowest BCUT2D eigenvalue weighted by Crippen LogP contribution is -1.98. The highest BCUT2D eigenvalue weighted by Gasteiger charge is 2.01. The van der Waals surface area contributed by atoms with E-state index in [1.165, 1.54) is 11.6 Å². The summed E-state index contributed by atoms with van der Waals surface area (Å²) in [6.07, 6.45) is 2.29. The zero-order chi connectivity index (χ0) is 7.56. The summed E-state index contributed by atoms with van der Waals surface area (Å²) in [7, 11) is 0. The van der Waals surface area contributed by atoms with Gasteiger partial charge in [0.25, 0.3) is 0 Å². The lowest BCUT2D eigenvalue weighted by atomic mass is 10.4. The summed E-state index contributed by atoms with van der Waals surface area (Å²) in [6, 6.07) is 0. The van der Waals surface area contributed by atoms with Gasteiger partial charge in [0.1, 0.15) is 0 Å². The molecule has 0 N–H and O–H groups in total. The highest BCUT2D eigenvalue weighted by atomic mass is 79.9. The Balaban J connectivity index is 2.78. The molecule has 1 atom stereocenters. The van der Waals surface area contributed by atoms with Crippen LogP contribution in [-0.4, -0.2) is 9.78 Å². The molecule has 1 heterocycles. The van der Waals surface area contributed by atoms with Crippen molar-refractivity contribution in [2.75, 3.05) is 0 Å². The Bertz CT molecular complexity index is 209. The second-order valence-electron chi connectivity index (χ2n) is 2.04. The Morgan fingerprint density at radius 1 is 1.90 bits per heavy atom. The van der Waals surface area contributed by atoms with Crippen LogP contribution in [0.3, 0.4) is 0 Å². The Morgan fingerprint density at radius 2 is 2.60 bits per heavy atom. The molecule has 2 nitrogen and oxygen atoms in total. The van der Waals surface area contributed by atoms with Gasteiger partial charge in [-0.2, -0.15) is 5.10 Å². The third-order valence-electron chi connectivity index (χ3n) is 1.17. The number of aromatic nitrogens is 2. The van der Waals surface area contributed by atoms with Crippen LogP contribution in [0.5, 0.6) is 0 Å². The second kappa shape index (κ2) is 3.14. The topological polar surface area (TPSA) is 17.8 Å². The summed E-state index contributed by atoms with van der Waals surface area (Å²) in [5.41, 5.74) is 0.990. The third kappa shape index (κ3) is 1.56. The molecule has 0 amide bonds. The predicted octanol–water partition coefficient (Wildman–Crippen LogP) is 2.27. The minimum atomic E-state index is -1.03. The molecule has 0 saturated heterocycles. The second-order valence-corrected chi connectivity index (χ2v) is 2.60. The van der Waals surface area contributed by atoms with Crippen LogP contribution in [0.25, 0.3) is 0 Å². The van der Waals surface area contributed by atoms with Crippen molar-refractivity contribution in [3.63, 3.8) is 0 Å². The van der Waals surface area contributed by atoms with E-state index in [1.54, 1.807) is 12.4 Å². The number of rotatable bonds is 2. The van der Waals surface area contributed by atoms with E-state index in [0.29, 0.717) is 0 Å². The fraction of sp³-hybridized carbons (Fsp3) is 0.500. The molecule has 56 valence electrons.